The molecule has 0 saturated carbocycles. The molecule has 1 spiro atoms. The molecule has 1 saturated heterocycles. The van der Waals surface area contributed by atoms with Gasteiger partial charge in [0.25, 0.3) is 0 Å². The van der Waals surface area contributed by atoms with Gasteiger partial charge in [0.1, 0.15) is 5.75 Å². The van der Waals surface area contributed by atoms with Gasteiger partial charge in [0, 0.05) is 12.5 Å². The number of carbonyl (C=O) groups is 1. The summed E-state index contributed by atoms with van der Waals surface area (Å²) in [5, 5.41) is 2.36. The van der Waals surface area contributed by atoms with Crippen LogP contribution in [0.1, 0.15) is 18.9 Å². The first-order valence-electron chi connectivity index (χ1n) is 6.83. The number of anilines is 1. The zero-order valence-electron chi connectivity index (χ0n) is 11.6. The van der Waals surface area contributed by atoms with Crippen molar-refractivity contribution in [2.75, 3.05) is 31.7 Å². The maximum Gasteiger partial charge on any atom is 0.411 e. The van der Waals surface area contributed by atoms with E-state index in [0.717, 1.165) is 0 Å². The summed E-state index contributed by atoms with van der Waals surface area (Å²) in [4.78, 5) is 11.5. The van der Waals surface area contributed by atoms with Gasteiger partial charge in [-0.05, 0) is 13.0 Å². The molecule has 0 aliphatic carbocycles. The topological polar surface area (TPSA) is 66.0 Å². The second-order valence-electron chi connectivity index (χ2n) is 4.72. The van der Waals surface area contributed by atoms with Gasteiger partial charge in [-0.15, -0.1) is 0 Å². The van der Waals surface area contributed by atoms with Crippen LogP contribution in [0.2, 0.25) is 0 Å². The Hall–Kier alpha value is -1.86. The molecule has 0 radical (unpaired) electrons. The van der Waals surface area contributed by atoms with Crippen LogP contribution in [0, 0.1) is 5.82 Å². The maximum atomic E-state index is 14.0. The SMILES string of the molecule is CCOC(=O)Nc1cc2c(cc1F)OCCC21OCCO1. The third kappa shape index (κ3) is 2.54. The predicted octanol–water partition coefficient (Wildman–Crippen LogP) is 2.38. The van der Waals surface area contributed by atoms with Crippen LogP contribution in [0.25, 0.3) is 0 Å². The van der Waals surface area contributed by atoms with Crippen LogP contribution in [-0.2, 0) is 20.0 Å². The monoisotopic (exact) mass is 297 g/mol. The summed E-state index contributed by atoms with van der Waals surface area (Å²) >= 11 is 0. The van der Waals surface area contributed by atoms with Gasteiger partial charge in [0.05, 0.1) is 37.7 Å². The summed E-state index contributed by atoms with van der Waals surface area (Å²) in [6.07, 6.45) is -0.194. The molecular formula is C14H16FNO5. The van der Waals surface area contributed by atoms with Crippen LogP contribution in [0.3, 0.4) is 0 Å². The highest BCUT2D eigenvalue weighted by Crippen LogP contribution is 2.44. The number of benzene rings is 1. The minimum absolute atomic E-state index is 0.0103. The van der Waals surface area contributed by atoms with Crippen molar-refractivity contribution in [1.29, 1.82) is 0 Å². The van der Waals surface area contributed by atoms with Gasteiger partial charge in [-0.25, -0.2) is 9.18 Å². The molecule has 1 fully saturated rings. The number of carbonyl (C=O) groups excluding carboxylic acids is 1. The van der Waals surface area contributed by atoms with Crippen molar-refractivity contribution in [1.82, 2.24) is 0 Å². The molecule has 2 aliphatic rings. The van der Waals surface area contributed by atoms with Crippen LogP contribution >= 0.6 is 0 Å². The fraction of sp³-hybridized carbons (Fsp3) is 0.500. The Morgan fingerprint density at radius 1 is 1.38 bits per heavy atom. The fourth-order valence-corrected chi connectivity index (χ4v) is 2.53. The van der Waals surface area contributed by atoms with E-state index in [1.807, 2.05) is 0 Å². The molecule has 2 heterocycles. The highest BCUT2D eigenvalue weighted by molar-refractivity contribution is 5.85. The van der Waals surface area contributed by atoms with Gasteiger partial charge in [0.2, 0.25) is 5.79 Å². The predicted molar refractivity (Wildman–Crippen MR) is 70.7 cm³/mol. The second kappa shape index (κ2) is 5.50. The summed E-state index contributed by atoms with van der Waals surface area (Å²) in [7, 11) is 0. The summed E-state index contributed by atoms with van der Waals surface area (Å²) in [5.74, 6) is -1.14. The minimum atomic E-state index is -0.910. The van der Waals surface area contributed by atoms with Crippen LogP contribution in [0.5, 0.6) is 5.75 Å². The maximum absolute atomic E-state index is 14.0. The van der Waals surface area contributed by atoms with Gasteiger partial charge in [-0.2, -0.15) is 0 Å². The smallest absolute Gasteiger partial charge is 0.411 e. The largest absolute Gasteiger partial charge is 0.493 e. The first-order chi connectivity index (χ1) is 10.1. The minimum Gasteiger partial charge on any atom is -0.493 e. The number of amides is 1. The first-order valence-corrected chi connectivity index (χ1v) is 6.83. The molecule has 7 heteroatoms. The van der Waals surface area contributed by atoms with Crippen LogP contribution in [0.15, 0.2) is 12.1 Å². The fourth-order valence-electron chi connectivity index (χ4n) is 2.53. The van der Waals surface area contributed by atoms with E-state index in [1.54, 1.807) is 6.92 Å². The average Bonchev–Trinajstić information content (AvgIpc) is 2.90. The van der Waals surface area contributed by atoms with Crippen molar-refractivity contribution in [3.8, 4) is 5.75 Å². The van der Waals surface area contributed by atoms with Crippen LogP contribution in [-0.4, -0.2) is 32.5 Å². The van der Waals surface area contributed by atoms with E-state index in [4.69, 9.17) is 18.9 Å². The Morgan fingerprint density at radius 3 is 2.86 bits per heavy atom. The van der Waals surface area contributed by atoms with E-state index in [2.05, 4.69) is 5.32 Å². The number of hydrogen-bond acceptors (Lipinski definition) is 5. The number of ether oxygens (including phenoxy) is 4. The summed E-state index contributed by atoms with van der Waals surface area (Å²) in [6, 6.07) is 2.70. The standard InChI is InChI=1S/C14H16FNO5/c1-2-18-13(17)16-11-7-9-12(8-10(11)15)19-4-3-14(9)20-5-6-21-14/h7-8H,2-6H2,1H3,(H,16,17). The molecule has 3 rings (SSSR count). The number of nitrogens with one attached hydrogen (secondary N) is 1. The molecular weight excluding hydrogens is 281 g/mol. The molecule has 0 bridgehead atoms. The lowest BCUT2D eigenvalue weighted by Gasteiger charge is -2.33. The highest BCUT2D eigenvalue weighted by Gasteiger charge is 2.44. The molecule has 21 heavy (non-hydrogen) atoms. The summed E-state index contributed by atoms with van der Waals surface area (Å²) < 4.78 is 35.6. The molecule has 2 aliphatic heterocycles. The third-order valence-corrected chi connectivity index (χ3v) is 3.43. The Balaban J connectivity index is 1.95. The zero-order valence-corrected chi connectivity index (χ0v) is 11.6. The van der Waals surface area contributed by atoms with Crippen molar-refractivity contribution in [2.45, 2.75) is 19.1 Å². The second-order valence-corrected chi connectivity index (χ2v) is 4.72. The lowest BCUT2D eigenvalue weighted by Crippen LogP contribution is -2.34. The van der Waals surface area contributed by atoms with Gasteiger partial charge >= 0.3 is 6.09 Å². The molecule has 0 unspecified atom stereocenters. The summed E-state index contributed by atoms with van der Waals surface area (Å²) in [5.41, 5.74) is 0.593. The normalized spacial score (nSPS) is 19.0. The number of fused-ring (bicyclic) bond motifs is 2. The molecule has 1 amide bonds. The van der Waals surface area contributed by atoms with Gasteiger partial charge in [-0.1, -0.05) is 0 Å². The summed E-state index contributed by atoms with van der Waals surface area (Å²) in [6.45, 7) is 3.20. The first kappa shape index (κ1) is 14.1. The molecule has 6 nitrogen and oxygen atoms in total. The van der Waals surface area contributed by atoms with Gasteiger partial charge < -0.3 is 18.9 Å². The van der Waals surface area contributed by atoms with Crippen molar-refractivity contribution in [2.24, 2.45) is 0 Å². The average molecular weight is 297 g/mol. The van der Waals surface area contributed by atoms with E-state index >= 15 is 0 Å². The number of rotatable bonds is 2. The highest BCUT2D eigenvalue weighted by atomic mass is 19.1. The molecule has 1 aromatic carbocycles. The van der Waals surface area contributed by atoms with Crippen molar-refractivity contribution in [3.63, 3.8) is 0 Å². The van der Waals surface area contributed by atoms with E-state index in [9.17, 15) is 9.18 Å². The Bertz CT molecular complexity index is 557. The molecule has 114 valence electrons. The molecule has 1 aromatic rings. The van der Waals surface area contributed by atoms with Crippen LogP contribution < -0.4 is 10.1 Å². The Morgan fingerprint density at radius 2 is 2.14 bits per heavy atom. The van der Waals surface area contributed by atoms with E-state index in [-0.39, 0.29) is 12.3 Å². The molecule has 0 aromatic heterocycles. The van der Waals surface area contributed by atoms with Gasteiger partial charge in [-0.3, -0.25) is 5.32 Å². The Kier molecular flexibility index (Phi) is 3.69. The van der Waals surface area contributed by atoms with Crippen molar-refractivity contribution >= 4 is 11.8 Å². The van der Waals surface area contributed by atoms with E-state index in [0.29, 0.717) is 37.6 Å². The molecule has 0 atom stereocenters. The third-order valence-electron chi connectivity index (χ3n) is 3.43. The van der Waals surface area contributed by atoms with Crippen molar-refractivity contribution < 1.29 is 28.1 Å². The van der Waals surface area contributed by atoms with Crippen LogP contribution in [0.4, 0.5) is 14.9 Å². The van der Waals surface area contributed by atoms with E-state index in [1.165, 1.54) is 12.1 Å². The van der Waals surface area contributed by atoms with Gasteiger partial charge in [0.15, 0.2) is 5.82 Å². The molecule has 1 N–H and O–H groups in total. The quantitative estimate of drug-likeness (QED) is 0.908. The van der Waals surface area contributed by atoms with E-state index < -0.39 is 17.7 Å². The number of hydrogen-bond donors (Lipinski definition) is 1. The number of halogens is 1. The lowest BCUT2D eigenvalue weighted by atomic mass is 9.98. The lowest BCUT2D eigenvalue weighted by molar-refractivity contribution is -0.183. The van der Waals surface area contributed by atoms with Crippen molar-refractivity contribution in [3.05, 3.63) is 23.5 Å². The Labute approximate surface area is 121 Å². The zero-order chi connectivity index (χ0) is 14.9.